The average Bonchev–Trinajstić information content (AvgIpc) is 2.94. The zero-order chi connectivity index (χ0) is 19.9. The first-order valence-corrected chi connectivity index (χ1v) is 8.88. The molecular weight excluding hydrogens is 378 g/mol. The Kier molecular flexibility index (Phi) is 4.74. The van der Waals surface area contributed by atoms with Crippen LogP contribution >= 0.6 is 0 Å². The molecule has 10 heteroatoms. The molecule has 148 valence electrons. The quantitative estimate of drug-likeness (QED) is 0.777. The maximum absolute atomic E-state index is 14.1. The average molecular weight is 395 g/mol. The third-order valence-electron chi connectivity index (χ3n) is 5.38. The molecule has 28 heavy (non-hydrogen) atoms. The van der Waals surface area contributed by atoms with Gasteiger partial charge in [0.05, 0.1) is 17.9 Å². The number of fused-ring (bicyclic) bond motifs is 1. The van der Waals surface area contributed by atoms with Crippen LogP contribution in [0.3, 0.4) is 0 Å². The van der Waals surface area contributed by atoms with Gasteiger partial charge in [0.15, 0.2) is 0 Å². The number of nitrogens with zero attached hydrogens (tertiary/aromatic N) is 3. The molecule has 0 spiro atoms. The molecule has 3 atom stereocenters. The Balaban J connectivity index is 1.46. The first kappa shape index (κ1) is 18.7. The second-order valence-electron chi connectivity index (χ2n) is 7.06. The lowest BCUT2D eigenvalue weighted by Gasteiger charge is -2.32. The molecule has 2 aliphatic rings. The van der Waals surface area contributed by atoms with Crippen LogP contribution in [0.4, 0.5) is 17.6 Å². The first-order valence-electron chi connectivity index (χ1n) is 8.88. The van der Waals surface area contributed by atoms with Crippen molar-refractivity contribution in [3.8, 4) is 11.3 Å². The van der Waals surface area contributed by atoms with E-state index in [2.05, 4.69) is 25.6 Å². The Morgan fingerprint density at radius 3 is 2.54 bits per heavy atom. The number of alkyl halides is 3. The van der Waals surface area contributed by atoms with Gasteiger partial charge in [0.25, 0.3) is 0 Å². The molecule has 2 aromatic rings. The summed E-state index contributed by atoms with van der Waals surface area (Å²) in [5, 5.41) is 5.92. The summed E-state index contributed by atoms with van der Waals surface area (Å²) in [4.78, 5) is 22.8. The van der Waals surface area contributed by atoms with E-state index in [9.17, 15) is 22.4 Å². The van der Waals surface area contributed by atoms with Crippen molar-refractivity contribution < 1.29 is 22.4 Å². The summed E-state index contributed by atoms with van der Waals surface area (Å²) in [5.74, 6) is -1.17. The van der Waals surface area contributed by atoms with Gasteiger partial charge in [0.2, 0.25) is 11.7 Å². The zero-order valence-corrected chi connectivity index (χ0v) is 14.6. The fraction of sp³-hybridized carbons (Fsp3) is 0.444. The lowest BCUT2D eigenvalue weighted by Crippen LogP contribution is -2.45. The largest absolute Gasteiger partial charge is 0.451 e. The SMILES string of the molecule is O=C(NCc1cc(-c2cnc(C(F)(F)F)nc2)ncc1F)[C@H]1NC[C@@H]2CCC21. The van der Waals surface area contributed by atoms with Gasteiger partial charge in [-0.25, -0.2) is 14.4 Å². The van der Waals surface area contributed by atoms with Gasteiger partial charge in [-0.15, -0.1) is 0 Å². The Bertz CT molecular complexity index is 887. The molecule has 0 radical (unpaired) electrons. The van der Waals surface area contributed by atoms with Crippen LogP contribution < -0.4 is 10.6 Å². The normalized spacial score (nSPS) is 23.8. The van der Waals surface area contributed by atoms with Gasteiger partial charge in [0.1, 0.15) is 5.82 Å². The van der Waals surface area contributed by atoms with Gasteiger partial charge in [-0.05, 0) is 37.3 Å². The number of halogens is 4. The Labute approximate surface area is 157 Å². The monoisotopic (exact) mass is 395 g/mol. The summed E-state index contributed by atoms with van der Waals surface area (Å²) >= 11 is 0. The smallest absolute Gasteiger partial charge is 0.351 e. The summed E-state index contributed by atoms with van der Waals surface area (Å²) in [6, 6.07) is 1.11. The summed E-state index contributed by atoms with van der Waals surface area (Å²) in [6.07, 6.45) is 0.424. The number of aromatic nitrogens is 3. The molecule has 1 aliphatic carbocycles. The Morgan fingerprint density at radius 1 is 1.18 bits per heavy atom. The van der Waals surface area contributed by atoms with E-state index in [1.165, 1.54) is 6.07 Å². The summed E-state index contributed by atoms with van der Waals surface area (Å²) < 4.78 is 51.8. The molecule has 6 nitrogen and oxygen atoms in total. The molecule has 2 aromatic heterocycles. The summed E-state index contributed by atoms with van der Waals surface area (Å²) in [7, 11) is 0. The second-order valence-corrected chi connectivity index (χ2v) is 7.06. The molecule has 1 unspecified atom stereocenters. The number of hydrogen-bond acceptors (Lipinski definition) is 5. The zero-order valence-electron chi connectivity index (χ0n) is 14.6. The van der Waals surface area contributed by atoms with Crippen LogP contribution in [-0.4, -0.2) is 33.4 Å². The van der Waals surface area contributed by atoms with Crippen LogP contribution in [0.15, 0.2) is 24.7 Å². The molecule has 3 heterocycles. The van der Waals surface area contributed by atoms with Gasteiger partial charge in [-0.3, -0.25) is 9.78 Å². The van der Waals surface area contributed by atoms with E-state index in [1.54, 1.807) is 0 Å². The predicted octanol–water partition coefficient (Wildman–Crippen LogP) is 2.31. The Hall–Kier alpha value is -2.62. The van der Waals surface area contributed by atoms with Crippen molar-refractivity contribution in [2.24, 2.45) is 11.8 Å². The third kappa shape index (κ3) is 3.56. The molecule has 1 aliphatic heterocycles. The van der Waals surface area contributed by atoms with E-state index in [0.717, 1.165) is 38.0 Å². The molecule has 1 amide bonds. The summed E-state index contributed by atoms with van der Waals surface area (Å²) in [5.41, 5.74) is 0.620. The van der Waals surface area contributed by atoms with Gasteiger partial charge in [-0.2, -0.15) is 13.2 Å². The van der Waals surface area contributed by atoms with Crippen molar-refractivity contribution in [3.63, 3.8) is 0 Å². The minimum atomic E-state index is -4.64. The number of carbonyl (C=O) groups is 1. The van der Waals surface area contributed by atoms with E-state index in [4.69, 9.17) is 0 Å². The van der Waals surface area contributed by atoms with Crippen molar-refractivity contribution in [2.45, 2.75) is 31.6 Å². The predicted molar refractivity (Wildman–Crippen MR) is 90.1 cm³/mol. The molecule has 2 fully saturated rings. The third-order valence-corrected chi connectivity index (χ3v) is 5.38. The van der Waals surface area contributed by atoms with Gasteiger partial charge >= 0.3 is 6.18 Å². The van der Waals surface area contributed by atoms with E-state index in [-0.39, 0.29) is 35.3 Å². The number of carbonyl (C=O) groups excluding carboxylic acids is 1. The van der Waals surface area contributed by atoms with Crippen LogP contribution in [-0.2, 0) is 17.5 Å². The highest BCUT2D eigenvalue weighted by atomic mass is 19.4. The fourth-order valence-corrected chi connectivity index (χ4v) is 3.68. The van der Waals surface area contributed by atoms with Crippen LogP contribution in [0.25, 0.3) is 11.3 Å². The number of rotatable bonds is 4. The molecule has 0 bridgehead atoms. The maximum Gasteiger partial charge on any atom is 0.451 e. The first-order chi connectivity index (χ1) is 13.3. The number of nitrogens with one attached hydrogen (secondary N) is 2. The highest BCUT2D eigenvalue weighted by Gasteiger charge is 2.45. The molecule has 2 N–H and O–H groups in total. The van der Waals surface area contributed by atoms with Gasteiger partial charge in [0, 0.05) is 30.1 Å². The molecule has 4 rings (SSSR count). The highest BCUT2D eigenvalue weighted by molar-refractivity contribution is 5.82. The standard InChI is InChI=1S/C18H17F4N5O/c19-13-8-23-14(11-6-26-17(27-7-11)18(20,21)22)3-10(13)5-25-16(28)15-12-2-1-9(12)4-24-15/h3,6-9,12,15,24H,1-2,4-5H2,(H,25,28)/t9-,12?,15-/m0/s1. The van der Waals surface area contributed by atoms with E-state index < -0.39 is 17.8 Å². The fourth-order valence-electron chi connectivity index (χ4n) is 3.68. The van der Waals surface area contributed by atoms with Crippen LogP contribution in [0, 0.1) is 17.7 Å². The highest BCUT2D eigenvalue weighted by Crippen LogP contribution is 2.40. The van der Waals surface area contributed by atoms with Crippen molar-refractivity contribution in [1.29, 1.82) is 0 Å². The molecular formula is C18H17F4N5O. The van der Waals surface area contributed by atoms with Gasteiger partial charge < -0.3 is 10.6 Å². The van der Waals surface area contributed by atoms with E-state index >= 15 is 0 Å². The van der Waals surface area contributed by atoms with Crippen molar-refractivity contribution >= 4 is 5.91 Å². The number of hydrogen-bond donors (Lipinski definition) is 2. The van der Waals surface area contributed by atoms with E-state index in [1.807, 2.05) is 0 Å². The summed E-state index contributed by atoms with van der Waals surface area (Å²) in [6.45, 7) is 0.779. The lowest BCUT2D eigenvalue weighted by molar-refractivity contribution is -0.145. The number of amides is 1. The minimum Gasteiger partial charge on any atom is -0.351 e. The topological polar surface area (TPSA) is 79.8 Å². The molecule has 1 saturated carbocycles. The number of pyridine rings is 1. The Morgan fingerprint density at radius 2 is 1.93 bits per heavy atom. The van der Waals surface area contributed by atoms with Crippen molar-refractivity contribution in [1.82, 2.24) is 25.6 Å². The van der Waals surface area contributed by atoms with Crippen molar-refractivity contribution in [2.75, 3.05) is 6.54 Å². The van der Waals surface area contributed by atoms with Crippen LogP contribution in [0.2, 0.25) is 0 Å². The molecule has 1 saturated heterocycles. The van der Waals surface area contributed by atoms with Gasteiger partial charge in [-0.1, -0.05) is 0 Å². The minimum absolute atomic E-state index is 0.0444. The van der Waals surface area contributed by atoms with E-state index in [0.29, 0.717) is 11.8 Å². The second kappa shape index (κ2) is 7.08. The van der Waals surface area contributed by atoms with Crippen LogP contribution in [0.1, 0.15) is 24.2 Å². The van der Waals surface area contributed by atoms with Crippen LogP contribution in [0.5, 0.6) is 0 Å². The maximum atomic E-state index is 14.1. The molecule has 0 aromatic carbocycles. The van der Waals surface area contributed by atoms with Crippen molar-refractivity contribution in [3.05, 3.63) is 41.9 Å². The lowest BCUT2D eigenvalue weighted by atomic mass is 9.73.